The summed E-state index contributed by atoms with van der Waals surface area (Å²) < 4.78 is 4.87. The molecule has 0 aromatic carbocycles. The summed E-state index contributed by atoms with van der Waals surface area (Å²) in [5.41, 5.74) is 2.03. The molecule has 2 N–H and O–H groups in total. The number of aromatic nitrogens is 1. The zero-order valence-corrected chi connectivity index (χ0v) is 7.43. The van der Waals surface area contributed by atoms with Gasteiger partial charge in [-0.1, -0.05) is 5.16 Å². The smallest absolute Gasteiger partial charge is 0.321 e. The fraction of sp³-hybridized carbons (Fsp3) is 0.556. The molecular weight excluding hydrogens is 184 g/mol. The number of nitrogens with one attached hydrogen (secondary N) is 1. The first-order valence-electron chi connectivity index (χ1n) is 4.66. The van der Waals surface area contributed by atoms with Crippen molar-refractivity contribution in [2.75, 3.05) is 6.54 Å². The van der Waals surface area contributed by atoms with Crippen molar-refractivity contribution in [3.63, 3.8) is 0 Å². The van der Waals surface area contributed by atoms with E-state index in [0.717, 1.165) is 17.7 Å². The molecule has 2 heterocycles. The maximum atomic E-state index is 10.9. The van der Waals surface area contributed by atoms with Crippen molar-refractivity contribution < 1.29 is 14.4 Å². The average Bonchev–Trinajstić information content (AvgIpc) is 2.70. The predicted octanol–water partition coefficient (Wildman–Crippen LogP) is -0.0131. The topological polar surface area (TPSA) is 75.4 Å². The lowest BCUT2D eigenvalue weighted by atomic mass is 9.93. The Kier molecular flexibility index (Phi) is 1.47. The highest BCUT2D eigenvalue weighted by molar-refractivity contribution is 5.75. The largest absolute Gasteiger partial charge is 0.480 e. The van der Waals surface area contributed by atoms with Gasteiger partial charge < -0.3 is 14.9 Å². The van der Waals surface area contributed by atoms with E-state index in [2.05, 4.69) is 10.5 Å². The maximum Gasteiger partial charge on any atom is 0.321 e. The van der Waals surface area contributed by atoms with Crippen LogP contribution in [0.3, 0.4) is 0 Å². The summed E-state index contributed by atoms with van der Waals surface area (Å²) in [6.45, 7) is 0.696. The maximum absolute atomic E-state index is 10.9. The second kappa shape index (κ2) is 2.57. The molecule has 5 heteroatoms. The molecule has 1 aliphatic carbocycles. The van der Waals surface area contributed by atoms with Gasteiger partial charge in [-0.15, -0.1) is 0 Å². The number of carboxylic acids is 1. The summed E-state index contributed by atoms with van der Waals surface area (Å²) in [5.74, 6) is -0.383. The van der Waals surface area contributed by atoms with Gasteiger partial charge in [0.25, 0.3) is 0 Å². The number of carboxylic acid groups (broad SMARTS) is 1. The Balaban J connectivity index is 1.94. The van der Waals surface area contributed by atoms with Gasteiger partial charge in [0.15, 0.2) is 0 Å². The van der Waals surface area contributed by atoms with Crippen molar-refractivity contribution in [3.05, 3.63) is 17.5 Å². The summed E-state index contributed by atoms with van der Waals surface area (Å²) in [5, 5.41) is 15.9. The third kappa shape index (κ3) is 0.874. The standard InChI is InChI=1S/C9H10N2O3/c12-9(13)8-5-1-4-3-14-11-7(4)6(5)2-10-8/h3,5-6,8,10H,1-2H2,(H,12,13). The second-order valence-corrected chi connectivity index (χ2v) is 3.92. The van der Waals surface area contributed by atoms with Gasteiger partial charge in [0, 0.05) is 18.0 Å². The zero-order valence-electron chi connectivity index (χ0n) is 7.43. The highest BCUT2D eigenvalue weighted by atomic mass is 16.5. The van der Waals surface area contributed by atoms with E-state index >= 15 is 0 Å². The quantitative estimate of drug-likeness (QED) is 0.657. The molecule has 1 aromatic rings. The molecule has 3 atom stereocenters. The zero-order chi connectivity index (χ0) is 9.71. The Labute approximate surface area is 80.1 Å². The molecule has 14 heavy (non-hydrogen) atoms. The highest BCUT2D eigenvalue weighted by Crippen LogP contribution is 2.41. The van der Waals surface area contributed by atoms with Gasteiger partial charge >= 0.3 is 5.97 Å². The lowest BCUT2D eigenvalue weighted by Gasteiger charge is -2.12. The Bertz CT molecular complexity index is 387. The van der Waals surface area contributed by atoms with E-state index < -0.39 is 12.0 Å². The van der Waals surface area contributed by atoms with Gasteiger partial charge in [-0.25, -0.2) is 0 Å². The molecule has 3 unspecified atom stereocenters. The minimum Gasteiger partial charge on any atom is -0.480 e. The third-order valence-corrected chi connectivity index (χ3v) is 3.25. The van der Waals surface area contributed by atoms with E-state index in [4.69, 9.17) is 9.63 Å². The van der Waals surface area contributed by atoms with Crippen molar-refractivity contribution in [1.82, 2.24) is 10.5 Å². The number of hydrogen-bond donors (Lipinski definition) is 2. The number of carbonyl (C=O) groups is 1. The van der Waals surface area contributed by atoms with E-state index in [1.54, 1.807) is 6.26 Å². The summed E-state index contributed by atoms with van der Waals surface area (Å²) in [6.07, 6.45) is 2.40. The Morgan fingerprint density at radius 1 is 1.71 bits per heavy atom. The van der Waals surface area contributed by atoms with Gasteiger partial charge in [0.2, 0.25) is 0 Å². The van der Waals surface area contributed by atoms with Crippen LogP contribution < -0.4 is 5.32 Å². The summed E-state index contributed by atoms with van der Waals surface area (Å²) in [7, 11) is 0. The lowest BCUT2D eigenvalue weighted by molar-refractivity contribution is -0.140. The van der Waals surface area contributed by atoms with Crippen LogP contribution in [0.5, 0.6) is 0 Å². The molecular formula is C9H10N2O3. The van der Waals surface area contributed by atoms with Crippen molar-refractivity contribution in [2.45, 2.75) is 18.4 Å². The van der Waals surface area contributed by atoms with Gasteiger partial charge in [-0.3, -0.25) is 4.79 Å². The molecule has 1 saturated heterocycles. The second-order valence-electron chi connectivity index (χ2n) is 3.92. The number of hydrogen-bond acceptors (Lipinski definition) is 4. The van der Waals surface area contributed by atoms with Crippen LogP contribution in [-0.2, 0) is 11.2 Å². The van der Waals surface area contributed by atoms with E-state index in [9.17, 15) is 4.79 Å². The van der Waals surface area contributed by atoms with Gasteiger partial charge in [0.1, 0.15) is 12.3 Å². The fourth-order valence-corrected chi connectivity index (χ4v) is 2.60. The number of fused-ring (bicyclic) bond motifs is 3. The van der Waals surface area contributed by atoms with Crippen LogP contribution in [-0.4, -0.2) is 28.8 Å². The third-order valence-electron chi connectivity index (χ3n) is 3.25. The number of aliphatic carboxylic acids is 1. The van der Waals surface area contributed by atoms with E-state index in [0.29, 0.717) is 6.54 Å². The first-order valence-corrected chi connectivity index (χ1v) is 4.66. The van der Waals surface area contributed by atoms with Crippen LogP contribution in [0.2, 0.25) is 0 Å². The average molecular weight is 194 g/mol. The van der Waals surface area contributed by atoms with E-state index in [-0.39, 0.29) is 11.8 Å². The van der Waals surface area contributed by atoms with Crippen LogP contribution in [0.15, 0.2) is 10.8 Å². The molecule has 0 spiro atoms. The first-order chi connectivity index (χ1) is 6.77. The lowest BCUT2D eigenvalue weighted by Crippen LogP contribution is -2.35. The molecule has 1 aromatic heterocycles. The fourth-order valence-electron chi connectivity index (χ4n) is 2.60. The van der Waals surface area contributed by atoms with Crippen molar-refractivity contribution in [3.8, 4) is 0 Å². The van der Waals surface area contributed by atoms with E-state index in [1.165, 1.54) is 0 Å². The Hall–Kier alpha value is -1.36. The van der Waals surface area contributed by atoms with Crippen LogP contribution in [0, 0.1) is 5.92 Å². The van der Waals surface area contributed by atoms with Crippen LogP contribution >= 0.6 is 0 Å². The minimum atomic E-state index is -0.764. The molecule has 0 saturated carbocycles. The Morgan fingerprint density at radius 2 is 2.57 bits per heavy atom. The molecule has 0 bridgehead atoms. The van der Waals surface area contributed by atoms with Crippen LogP contribution in [0.1, 0.15) is 17.2 Å². The summed E-state index contributed by atoms with van der Waals surface area (Å²) in [4.78, 5) is 10.9. The monoisotopic (exact) mass is 194 g/mol. The number of nitrogens with zero attached hydrogens (tertiary/aromatic N) is 1. The molecule has 1 aliphatic heterocycles. The van der Waals surface area contributed by atoms with Gasteiger partial charge in [0.05, 0.1) is 5.69 Å². The van der Waals surface area contributed by atoms with E-state index in [1.807, 2.05) is 0 Å². The Morgan fingerprint density at radius 3 is 3.36 bits per heavy atom. The molecule has 5 nitrogen and oxygen atoms in total. The van der Waals surface area contributed by atoms with Crippen LogP contribution in [0.4, 0.5) is 0 Å². The van der Waals surface area contributed by atoms with Gasteiger partial charge in [-0.2, -0.15) is 0 Å². The summed E-state index contributed by atoms with van der Waals surface area (Å²) >= 11 is 0. The van der Waals surface area contributed by atoms with Crippen molar-refractivity contribution in [2.24, 2.45) is 5.92 Å². The molecule has 0 radical (unpaired) electrons. The summed E-state index contributed by atoms with van der Waals surface area (Å²) in [6, 6.07) is -0.422. The highest BCUT2D eigenvalue weighted by Gasteiger charge is 2.47. The first kappa shape index (κ1) is 7.99. The molecule has 0 amide bonds. The number of rotatable bonds is 1. The predicted molar refractivity (Wildman–Crippen MR) is 45.9 cm³/mol. The SMILES string of the molecule is O=C(O)C1NCC2c3nocc3CC12. The normalized spacial score (nSPS) is 34.1. The van der Waals surface area contributed by atoms with Crippen molar-refractivity contribution in [1.29, 1.82) is 0 Å². The van der Waals surface area contributed by atoms with Crippen LogP contribution in [0.25, 0.3) is 0 Å². The molecule has 3 rings (SSSR count). The molecule has 2 aliphatic rings. The van der Waals surface area contributed by atoms with Gasteiger partial charge in [-0.05, 0) is 12.3 Å². The minimum absolute atomic E-state index is 0.154. The van der Waals surface area contributed by atoms with Crippen molar-refractivity contribution >= 4 is 5.97 Å². The molecule has 1 fully saturated rings. The molecule has 74 valence electrons.